The Morgan fingerprint density at radius 2 is 2.19 bits per heavy atom. The van der Waals surface area contributed by atoms with Crippen LogP contribution in [-0.4, -0.2) is 60.0 Å². The van der Waals surface area contributed by atoms with E-state index in [1.165, 1.54) is 23.7 Å². The topological polar surface area (TPSA) is 64.5 Å². The number of carbonyl (C=O) groups excluding carboxylic acids is 1. The maximum absolute atomic E-state index is 11.7. The van der Waals surface area contributed by atoms with Crippen molar-refractivity contribution in [2.45, 2.75) is 11.6 Å². The Morgan fingerprint density at radius 3 is 2.93 bits per heavy atom. The zero-order valence-electron chi connectivity index (χ0n) is 14.8. The van der Waals surface area contributed by atoms with Crippen LogP contribution in [0.15, 0.2) is 27.9 Å². The Morgan fingerprint density at radius 1 is 1.33 bits per heavy atom. The summed E-state index contributed by atoms with van der Waals surface area (Å²) in [6.07, 6.45) is 0. The summed E-state index contributed by atoms with van der Waals surface area (Å²) in [5, 5.41) is 6.07. The van der Waals surface area contributed by atoms with Gasteiger partial charge >= 0.3 is 5.97 Å². The Hall–Kier alpha value is -1.52. The van der Waals surface area contributed by atoms with Gasteiger partial charge in [0.1, 0.15) is 15.7 Å². The second-order valence-corrected chi connectivity index (χ2v) is 8.77. The fraction of sp³-hybridized carbons (Fsp3) is 0.389. The summed E-state index contributed by atoms with van der Waals surface area (Å²) in [5.41, 5.74) is 1.13. The minimum Gasteiger partial charge on any atom is -0.468 e. The summed E-state index contributed by atoms with van der Waals surface area (Å²) < 4.78 is 10.2. The molecule has 0 N–H and O–H groups in total. The molecule has 142 valence electrons. The molecule has 0 atom stereocenters. The number of carbonyl (C=O) groups is 1. The van der Waals surface area contributed by atoms with Crippen molar-refractivity contribution in [1.29, 1.82) is 0 Å². The first-order valence-electron chi connectivity index (χ1n) is 8.56. The first-order chi connectivity index (χ1) is 13.2. The van der Waals surface area contributed by atoms with Crippen LogP contribution in [0.4, 0.5) is 0 Å². The second kappa shape index (κ2) is 8.66. The molecule has 1 aliphatic rings. The van der Waals surface area contributed by atoms with Gasteiger partial charge in [-0.2, -0.15) is 0 Å². The molecule has 0 aliphatic carbocycles. The molecule has 6 nitrogen and oxygen atoms in total. The molecule has 1 aliphatic heterocycles. The molecular formula is C18H19N3O3S3. The fourth-order valence-corrected chi connectivity index (χ4v) is 5.62. The van der Waals surface area contributed by atoms with Gasteiger partial charge in [0, 0.05) is 28.9 Å². The normalized spacial score (nSPS) is 15.3. The standard InChI is InChI=1S/C18H19N3O3S3/c1-23-15(22)11-27-18-16-12(13-3-2-8-25-13)10-26-17(16)19-14(20-18)9-21-4-6-24-7-5-21/h2-3,8,10H,4-7,9,11H2,1H3. The first-order valence-corrected chi connectivity index (χ1v) is 11.3. The summed E-state index contributed by atoms with van der Waals surface area (Å²) in [6, 6.07) is 4.14. The van der Waals surface area contributed by atoms with Crippen LogP contribution < -0.4 is 0 Å². The van der Waals surface area contributed by atoms with Crippen LogP contribution in [0.3, 0.4) is 0 Å². The molecule has 0 unspecified atom stereocenters. The quantitative estimate of drug-likeness (QED) is 0.343. The molecular weight excluding hydrogens is 402 g/mol. The van der Waals surface area contributed by atoms with Gasteiger partial charge in [-0.25, -0.2) is 9.97 Å². The zero-order valence-corrected chi connectivity index (χ0v) is 17.3. The number of aromatic nitrogens is 2. The van der Waals surface area contributed by atoms with Crippen molar-refractivity contribution >= 4 is 50.6 Å². The molecule has 0 aromatic carbocycles. The van der Waals surface area contributed by atoms with E-state index in [2.05, 4.69) is 21.7 Å². The highest BCUT2D eigenvalue weighted by molar-refractivity contribution is 8.00. The number of thioether (sulfide) groups is 1. The molecule has 0 radical (unpaired) electrons. The highest BCUT2D eigenvalue weighted by atomic mass is 32.2. The summed E-state index contributed by atoms with van der Waals surface area (Å²) in [6.45, 7) is 3.95. The van der Waals surface area contributed by atoms with Crippen LogP contribution in [0.25, 0.3) is 20.7 Å². The molecule has 3 aromatic heterocycles. The minimum atomic E-state index is -0.255. The van der Waals surface area contributed by atoms with Crippen LogP contribution in [-0.2, 0) is 20.8 Å². The number of rotatable bonds is 6. The van der Waals surface area contributed by atoms with Crippen molar-refractivity contribution in [2.75, 3.05) is 39.2 Å². The molecule has 1 fully saturated rings. The predicted octanol–water partition coefficient (Wildman–Crippen LogP) is 3.52. The fourth-order valence-electron chi connectivity index (χ4n) is 2.89. The van der Waals surface area contributed by atoms with E-state index in [9.17, 15) is 4.79 Å². The van der Waals surface area contributed by atoms with E-state index >= 15 is 0 Å². The lowest BCUT2D eigenvalue weighted by Gasteiger charge is -2.25. The minimum absolute atomic E-state index is 0.235. The Bertz CT molecular complexity index is 921. The third kappa shape index (κ3) is 4.33. The average Bonchev–Trinajstić information content (AvgIpc) is 3.36. The highest BCUT2D eigenvalue weighted by Gasteiger charge is 2.19. The molecule has 4 rings (SSSR count). The van der Waals surface area contributed by atoms with Crippen LogP contribution in [0, 0.1) is 0 Å². The number of thiophene rings is 2. The van der Waals surface area contributed by atoms with Gasteiger partial charge in [0.05, 0.1) is 38.0 Å². The van der Waals surface area contributed by atoms with Crippen molar-refractivity contribution in [3.63, 3.8) is 0 Å². The lowest BCUT2D eigenvalue weighted by atomic mass is 10.2. The molecule has 0 spiro atoms. The van der Waals surface area contributed by atoms with Gasteiger partial charge in [0.2, 0.25) is 0 Å². The summed E-state index contributed by atoms with van der Waals surface area (Å²) >= 11 is 4.74. The van der Waals surface area contributed by atoms with Crippen molar-refractivity contribution in [2.24, 2.45) is 0 Å². The number of ether oxygens (including phenoxy) is 2. The van der Waals surface area contributed by atoms with Gasteiger partial charge < -0.3 is 9.47 Å². The van der Waals surface area contributed by atoms with E-state index in [-0.39, 0.29) is 11.7 Å². The summed E-state index contributed by atoms with van der Waals surface area (Å²) in [5.74, 6) is 0.769. The first kappa shape index (κ1) is 18.8. The monoisotopic (exact) mass is 421 g/mol. The summed E-state index contributed by atoms with van der Waals surface area (Å²) in [4.78, 5) is 25.7. The van der Waals surface area contributed by atoms with Crippen molar-refractivity contribution in [3.8, 4) is 10.4 Å². The van der Waals surface area contributed by atoms with Crippen LogP contribution in [0.1, 0.15) is 5.82 Å². The van der Waals surface area contributed by atoms with Gasteiger partial charge in [-0.3, -0.25) is 9.69 Å². The van der Waals surface area contributed by atoms with E-state index in [1.54, 1.807) is 22.7 Å². The average molecular weight is 422 g/mol. The predicted molar refractivity (Wildman–Crippen MR) is 110 cm³/mol. The van der Waals surface area contributed by atoms with Gasteiger partial charge in [-0.1, -0.05) is 17.8 Å². The smallest absolute Gasteiger partial charge is 0.316 e. The largest absolute Gasteiger partial charge is 0.468 e. The van der Waals surface area contributed by atoms with Crippen molar-refractivity contribution < 1.29 is 14.3 Å². The molecule has 1 saturated heterocycles. The van der Waals surface area contributed by atoms with E-state index in [1.807, 2.05) is 6.07 Å². The Balaban J connectivity index is 1.70. The highest BCUT2D eigenvalue weighted by Crippen LogP contribution is 2.40. The second-order valence-electron chi connectivity index (χ2n) is 6.01. The third-order valence-corrected chi connectivity index (χ3v) is 6.98. The maximum Gasteiger partial charge on any atom is 0.316 e. The molecule has 4 heterocycles. The number of methoxy groups -OCH3 is 1. The van der Waals surface area contributed by atoms with Gasteiger partial charge in [-0.05, 0) is 11.4 Å². The van der Waals surface area contributed by atoms with Crippen molar-refractivity contribution in [1.82, 2.24) is 14.9 Å². The van der Waals surface area contributed by atoms with Gasteiger partial charge in [0.25, 0.3) is 0 Å². The van der Waals surface area contributed by atoms with Crippen LogP contribution >= 0.6 is 34.4 Å². The molecule has 0 saturated carbocycles. The van der Waals surface area contributed by atoms with Gasteiger partial charge in [-0.15, -0.1) is 22.7 Å². The third-order valence-electron chi connectivity index (χ3n) is 4.26. The molecule has 0 amide bonds. The Labute approximate surface area is 169 Å². The lowest BCUT2D eigenvalue weighted by molar-refractivity contribution is -0.137. The molecule has 9 heteroatoms. The maximum atomic E-state index is 11.7. The van der Waals surface area contributed by atoms with Crippen molar-refractivity contribution in [3.05, 3.63) is 28.7 Å². The Kier molecular flexibility index (Phi) is 6.04. The number of fused-ring (bicyclic) bond motifs is 1. The number of hydrogen-bond donors (Lipinski definition) is 0. The number of nitrogens with zero attached hydrogens (tertiary/aromatic N) is 3. The summed E-state index contributed by atoms with van der Waals surface area (Å²) in [7, 11) is 1.41. The van der Waals surface area contributed by atoms with E-state index in [4.69, 9.17) is 19.4 Å². The number of hydrogen-bond acceptors (Lipinski definition) is 9. The molecule has 3 aromatic rings. The number of morpholine rings is 1. The zero-order chi connectivity index (χ0) is 18.6. The van der Waals surface area contributed by atoms with E-state index in [0.29, 0.717) is 6.54 Å². The van der Waals surface area contributed by atoms with E-state index in [0.717, 1.165) is 52.9 Å². The van der Waals surface area contributed by atoms with Crippen LogP contribution in [0.2, 0.25) is 0 Å². The molecule has 27 heavy (non-hydrogen) atoms. The lowest BCUT2D eigenvalue weighted by Crippen LogP contribution is -2.36. The van der Waals surface area contributed by atoms with Gasteiger partial charge in [0.15, 0.2) is 0 Å². The van der Waals surface area contributed by atoms with Crippen LogP contribution in [0.5, 0.6) is 0 Å². The van der Waals surface area contributed by atoms with E-state index < -0.39 is 0 Å². The SMILES string of the molecule is COC(=O)CSc1nc(CN2CCOCC2)nc2scc(-c3cccs3)c12. The number of esters is 1. The molecule has 0 bridgehead atoms.